The van der Waals surface area contributed by atoms with Crippen LogP contribution >= 0.6 is 11.3 Å². The molecular weight excluding hydrogens is 292 g/mol. The number of hydrogen-bond acceptors (Lipinski definition) is 6. The van der Waals surface area contributed by atoms with E-state index in [0.717, 1.165) is 5.56 Å². The molecule has 4 N–H and O–H groups in total. The summed E-state index contributed by atoms with van der Waals surface area (Å²) in [5.74, 6) is -0.642. The van der Waals surface area contributed by atoms with Gasteiger partial charge >= 0.3 is 5.97 Å². The van der Waals surface area contributed by atoms with Gasteiger partial charge in [0.05, 0.1) is 18.3 Å². The minimum atomic E-state index is -0.724. The number of rotatable bonds is 4. The van der Waals surface area contributed by atoms with Crippen molar-refractivity contribution in [2.75, 3.05) is 12.4 Å². The number of anilines is 1. The molecule has 2 aromatic heterocycles. The Hall–Kier alpha value is -2.19. The first-order valence-electron chi connectivity index (χ1n) is 6.35. The van der Waals surface area contributed by atoms with Crippen LogP contribution in [0.4, 0.5) is 5.13 Å². The largest absolute Gasteiger partial charge is 0.464 e. The molecule has 0 unspecified atom stereocenters. The molecule has 0 aromatic carbocycles. The highest BCUT2D eigenvalue weighted by Crippen LogP contribution is 2.34. The average Bonchev–Trinajstić information content (AvgIpc) is 2.93. The van der Waals surface area contributed by atoms with Gasteiger partial charge < -0.3 is 20.8 Å². The van der Waals surface area contributed by atoms with Gasteiger partial charge in [-0.15, -0.1) is 11.3 Å². The van der Waals surface area contributed by atoms with E-state index in [1.54, 1.807) is 17.6 Å². The summed E-state index contributed by atoms with van der Waals surface area (Å²) in [6.45, 7) is 0. The lowest BCUT2D eigenvalue weighted by Gasteiger charge is -2.06. The van der Waals surface area contributed by atoms with Crippen molar-refractivity contribution in [3.8, 4) is 11.3 Å². The molecule has 0 saturated heterocycles. The molecule has 8 heteroatoms. The standard InChI is InChI=1S/C13H14N4O3S/c1-20-10(18)8-4-7(5-15-8)9-6-21-12(16-9)17-11(19)13(14)2-3-13/h4-6,15H,2-3,14H2,1H3,(H,16,17,19). The van der Waals surface area contributed by atoms with Crippen LogP contribution in [0.25, 0.3) is 11.3 Å². The average molecular weight is 306 g/mol. The van der Waals surface area contributed by atoms with Crippen LogP contribution in [-0.2, 0) is 9.53 Å². The van der Waals surface area contributed by atoms with Crippen LogP contribution in [0.5, 0.6) is 0 Å². The molecular formula is C13H14N4O3S. The highest BCUT2D eigenvalue weighted by molar-refractivity contribution is 7.14. The van der Waals surface area contributed by atoms with Crippen LogP contribution in [0.1, 0.15) is 23.3 Å². The SMILES string of the molecule is COC(=O)c1cc(-c2csc(NC(=O)C3(N)CC3)n2)c[nH]1. The number of nitrogens with one attached hydrogen (secondary N) is 2. The quantitative estimate of drug-likeness (QED) is 0.739. The van der Waals surface area contributed by atoms with Crippen LogP contribution in [-0.4, -0.2) is 34.5 Å². The van der Waals surface area contributed by atoms with E-state index in [0.29, 0.717) is 29.4 Å². The monoisotopic (exact) mass is 306 g/mol. The fraction of sp³-hybridized carbons (Fsp3) is 0.308. The molecule has 0 bridgehead atoms. The van der Waals surface area contributed by atoms with Crippen molar-refractivity contribution in [2.45, 2.75) is 18.4 Å². The molecule has 0 aliphatic heterocycles. The second-order valence-electron chi connectivity index (χ2n) is 4.94. The molecule has 0 atom stereocenters. The van der Waals surface area contributed by atoms with Crippen LogP contribution in [0.15, 0.2) is 17.6 Å². The third-order valence-corrected chi connectivity index (χ3v) is 4.11. The molecule has 110 valence electrons. The number of esters is 1. The molecule has 2 heterocycles. The molecule has 0 spiro atoms. The summed E-state index contributed by atoms with van der Waals surface area (Å²) in [4.78, 5) is 30.4. The zero-order chi connectivity index (χ0) is 15.0. The number of ether oxygens (including phenoxy) is 1. The number of carbonyl (C=O) groups excluding carboxylic acids is 2. The number of H-pyrrole nitrogens is 1. The van der Waals surface area contributed by atoms with Gasteiger partial charge in [0.25, 0.3) is 0 Å². The van der Waals surface area contributed by atoms with Gasteiger partial charge in [0, 0.05) is 17.1 Å². The van der Waals surface area contributed by atoms with Crippen molar-refractivity contribution in [2.24, 2.45) is 5.73 Å². The highest BCUT2D eigenvalue weighted by Gasteiger charge is 2.46. The Labute approximate surface area is 124 Å². The Bertz CT molecular complexity index is 702. The molecule has 1 aliphatic rings. The second kappa shape index (κ2) is 4.97. The Balaban J connectivity index is 1.74. The Morgan fingerprint density at radius 1 is 1.52 bits per heavy atom. The predicted molar refractivity (Wildman–Crippen MR) is 78.0 cm³/mol. The summed E-state index contributed by atoms with van der Waals surface area (Å²) in [6.07, 6.45) is 3.08. The van der Waals surface area contributed by atoms with Gasteiger partial charge in [0.15, 0.2) is 5.13 Å². The number of thiazole rings is 1. The normalized spacial score (nSPS) is 15.5. The van der Waals surface area contributed by atoms with E-state index in [9.17, 15) is 9.59 Å². The molecule has 2 aromatic rings. The van der Waals surface area contributed by atoms with E-state index in [1.165, 1.54) is 18.4 Å². The number of nitrogens with zero attached hydrogens (tertiary/aromatic N) is 1. The lowest BCUT2D eigenvalue weighted by molar-refractivity contribution is -0.118. The fourth-order valence-corrected chi connectivity index (χ4v) is 2.53. The third kappa shape index (κ3) is 2.67. The molecule has 1 aliphatic carbocycles. The second-order valence-corrected chi connectivity index (χ2v) is 5.80. The Morgan fingerprint density at radius 2 is 2.29 bits per heavy atom. The highest BCUT2D eigenvalue weighted by atomic mass is 32.1. The summed E-state index contributed by atoms with van der Waals surface area (Å²) < 4.78 is 4.63. The molecule has 1 fully saturated rings. The summed E-state index contributed by atoms with van der Waals surface area (Å²) in [7, 11) is 1.32. The number of amides is 1. The van der Waals surface area contributed by atoms with Crippen molar-refractivity contribution in [3.63, 3.8) is 0 Å². The maximum Gasteiger partial charge on any atom is 0.354 e. The molecule has 7 nitrogen and oxygen atoms in total. The van der Waals surface area contributed by atoms with Gasteiger partial charge in [-0.2, -0.15) is 0 Å². The predicted octanol–water partition coefficient (Wildman–Crippen LogP) is 1.35. The van der Waals surface area contributed by atoms with E-state index >= 15 is 0 Å². The maximum atomic E-state index is 11.8. The zero-order valence-corrected chi connectivity index (χ0v) is 12.1. The van der Waals surface area contributed by atoms with Crippen molar-refractivity contribution >= 4 is 28.3 Å². The van der Waals surface area contributed by atoms with Crippen molar-refractivity contribution < 1.29 is 14.3 Å². The van der Waals surface area contributed by atoms with Gasteiger partial charge in [-0.05, 0) is 18.9 Å². The van der Waals surface area contributed by atoms with E-state index in [4.69, 9.17) is 5.73 Å². The summed E-state index contributed by atoms with van der Waals surface area (Å²) in [5.41, 5.74) is 6.86. The number of hydrogen-bond donors (Lipinski definition) is 3. The Morgan fingerprint density at radius 3 is 2.95 bits per heavy atom. The van der Waals surface area contributed by atoms with Crippen LogP contribution in [0, 0.1) is 0 Å². The lowest BCUT2D eigenvalue weighted by atomic mass is 10.2. The van der Waals surface area contributed by atoms with Gasteiger partial charge in [-0.25, -0.2) is 9.78 Å². The van der Waals surface area contributed by atoms with Crippen LogP contribution in [0.3, 0.4) is 0 Å². The number of nitrogens with two attached hydrogens (primary N) is 1. The summed E-state index contributed by atoms with van der Waals surface area (Å²) in [5, 5.41) is 5.01. The van der Waals surface area contributed by atoms with E-state index < -0.39 is 11.5 Å². The van der Waals surface area contributed by atoms with Crippen LogP contribution in [0.2, 0.25) is 0 Å². The number of methoxy groups -OCH3 is 1. The zero-order valence-electron chi connectivity index (χ0n) is 11.3. The number of aromatic nitrogens is 2. The molecule has 1 saturated carbocycles. The van der Waals surface area contributed by atoms with Crippen molar-refractivity contribution in [1.29, 1.82) is 0 Å². The molecule has 1 amide bonds. The summed E-state index contributed by atoms with van der Waals surface area (Å²) >= 11 is 1.31. The summed E-state index contributed by atoms with van der Waals surface area (Å²) in [6, 6.07) is 1.65. The fourth-order valence-electron chi connectivity index (χ4n) is 1.82. The first-order valence-corrected chi connectivity index (χ1v) is 7.23. The lowest BCUT2D eigenvalue weighted by Crippen LogP contribution is -2.37. The van der Waals surface area contributed by atoms with Gasteiger partial charge in [-0.1, -0.05) is 0 Å². The smallest absolute Gasteiger partial charge is 0.354 e. The topological polar surface area (TPSA) is 110 Å². The van der Waals surface area contributed by atoms with E-state index in [2.05, 4.69) is 20.0 Å². The maximum absolute atomic E-state index is 11.8. The minimum Gasteiger partial charge on any atom is -0.464 e. The molecule has 0 radical (unpaired) electrons. The van der Waals surface area contributed by atoms with Crippen LogP contribution < -0.4 is 11.1 Å². The Kier molecular flexibility index (Phi) is 3.26. The first-order chi connectivity index (χ1) is 10.0. The first kappa shape index (κ1) is 13.8. The van der Waals surface area contributed by atoms with E-state index in [-0.39, 0.29) is 5.91 Å². The van der Waals surface area contributed by atoms with E-state index in [1.807, 2.05) is 0 Å². The molecule has 3 rings (SSSR count). The van der Waals surface area contributed by atoms with Gasteiger partial charge in [0.2, 0.25) is 5.91 Å². The van der Waals surface area contributed by atoms with Gasteiger partial charge in [0.1, 0.15) is 5.69 Å². The van der Waals surface area contributed by atoms with Crippen molar-refractivity contribution in [3.05, 3.63) is 23.3 Å². The number of aromatic amines is 1. The number of carbonyl (C=O) groups is 2. The van der Waals surface area contributed by atoms with Gasteiger partial charge in [-0.3, -0.25) is 4.79 Å². The minimum absolute atomic E-state index is 0.201. The molecule has 21 heavy (non-hydrogen) atoms. The van der Waals surface area contributed by atoms with Crippen molar-refractivity contribution in [1.82, 2.24) is 9.97 Å². The third-order valence-electron chi connectivity index (χ3n) is 3.35.